The first kappa shape index (κ1) is 16.5. The van der Waals surface area contributed by atoms with Gasteiger partial charge in [-0.25, -0.2) is 0 Å². The van der Waals surface area contributed by atoms with Gasteiger partial charge in [-0.2, -0.15) is 0 Å². The number of ketones is 1. The number of carbonyl (C=O) groups is 1. The molecule has 3 heteroatoms. The van der Waals surface area contributed by atoms with Gasteiger partial charge in [0.25, 0.3) is 0 Å². The van der Waals surface area contributed by atoms with Gasteiger partial charge in [-0.1, -0.05) is 56.8 Å². The largest absolute Gasteiger partial charge is 0.313 e. The summed E-state index contributed by atoms with van der Waals surface area (Å²) in [5, 5.41) is 4.33. The predicted octanol–water partition coefficient (Wildman–Crippen LogP) is 4.57. The topological polar surface area (TPSA) is 29.1 Å². The lowest BCUT2D eigenvalue weighted by Gasteiger charge is -2.26. The maximum Gasteiger partial charge on any atom is 0.144 e. The third kappa shape index (κ3) is 4.82. The molecule has 21 heavy (non-hydrogen) atoms. The molecule has 0 heterocycles. The van der Waals surface area contributed by atoms with Crippen LogP contribution in [0.15, 0.2) is 24.3 Å². The third-order valence-electron chi connectivity index (χ3n) is 4.40. The van der Waals surface area contributed by atoms with Crippen LogP contribution in [0.4, 0.5) is 0 Å². The van der Waals surface area contributed by atoms with Crippen molar-refractivity contribution in [1.29, 1.82) is 0 Å². The van der Waals surface area contributed by atoms with Crippen molar-refractivity contribution in [3.05, 3.63) is 34.9 Å². The van der Waals surface area contributed by atoms with E-state index in [1.54, 1.807) is 0 Å². The fourth-order valence-electron chi connectivity index (χ4n) is 3.07. The zero-order valence-corrected chi connectivity index (χ0v) is 13.8. The van der Waals surface area contributed by atoms with E-state index in [0.717, 1.165) is 17.1 Å². The number of hydrogen-bond donors (Lipinski definition) is 1. The molecule has 2 rings (SSSR count). The molecule has 0 unspecified atom stereocenters. The molecular formula is C18H26ClNO. The fourth-order valence-corrected chi connectivity index (χ4v) is 3.20. The van der Waals surface area contributed by atoms with Crippen LogP contribution in [0.1, 0.15) is 57.4 Å². The van der Waals surface area contributed by atoms with Crippen LogP contribution >= 0.6 is 11.6 Å². The van der Waals surface area contributed by atoms with Crippen molar-refractivity contribution >= 4 is 17.4 Å². The van der Waals surface area contributed by atoms with Gasteiger partial charge in [-0.05, 0) is 30.5 Å². The Bertz CT molecular complexity index is 449. The minimum atomic E-state index is -0.0656. The summed E-state index contributed by atoms with van der Waals surface area (Å²) in [6, 6.07) is 8.29. The molecule has 0 saturated heterocycles. The molecule has 1 fully saturated rings. The second-order valence-electron chi connectivity index (χ2n) is 6.40. The molecule has 1 aromatic rings. The molecule has 0 radical (unpaired) electrons. The van der Waals surface area contributed by atoms with Gasteiger partial charge >= 0.3 is 0 Å². The maximum atomic E-state index is 12.5. The van der Waals surface area contributed by atoms with Crippen LogP contribution < -0.4 is 5.32 Å². The minimum Gasteiger partial charge on any atom is -0.313 e. The van der Waals surface area contributed by atoms with Gasteiger partial charge in [0.05, 0.1) is 5.92 Å². The highest BCUT2D eigenvalue weighted by atomic mass is 35.5. The highest BCUT2D eigenvalue weighted by Gasteiger charge is 2.24. The average Bonchev–Trinajstić information content (AvgIpc) is 2.50. The first-order valence-electron chi connectivity index (χ1n) is 8.10. The van der Waals surface area contributed by atoms with Crippen LogP contribution in [0.5, 0.6) is 0 Å². The Balaban J connectivity index is 2.04. The lowest BCUT2D eigenvalue weighted by Crippen LogP contribution is -2.37. The van der Waals surface area contributed by atoms with Crippen LogP contribution in [-0.4, -0.2) is 18.4 Å². The fraction of sp³-hybridized carbons (Fsp3) is 0.611. The lowest BCUT2D eigenvalue weighted by molar-refractivity contribution is -0.123. The van der Waals surface area contributed by atoms with Gasteiger partial charge in [0.2, 0.25) is 0 Å². The number of nitrogens with one attached hydrogen (secondary N) is 1. The molecule has 1 saturated carbocycles. The van der Waals surface area contributed by atoms with Crippen molar-refractivity contribution < 1.29 is 4.79 Å². The second kappa shape index (κ2) is 7.95. The number of halogens is 1. The van der Waals surface area contributed by atoms with Crippen molar-refractivity contribution in [1.82, 2.24) is 5.32 Å². The zero-order chi connectivity index (χ0) is 15.2. The average molecular weight is 308 g/mol. The molecule has 1 N–H and O–H groups in total. The Kier molecular flexibility index (Phi) is 6.25. The molecular weight excluding hydrogens is 282 g/mol. The van der Waals surface area contributed by atoms with Crippen LogP contribution in [-0.2, 0) is 4.79 Å². The van der Waals surface area contributed by atoms with Crippen molar-refractivity contribution in [3.8, 4) is 0 Å². The Labute approximate surface area is 133 Å². The second-order valence-corrected chi connectivity index (χ2v) is 6.84. The molecule has 0 aliphatic heterocycles. The van der Waals surface area contributed by atoms with E-state index in [1.807, 2.05) is 38.1 Å². The van der Waals surface area contributed by atoms with Crippen LogP contribution in [0.3, 0.4) is 0 Å². The number of hydrogen-bond acceptors (Lipinski definition) is 2. The third-order valence-corrected chi connectivity index (χ3v) is 4.65. The number of carbonyl (C=O) groups excluding carboxylic acids is 1. The molecule has 0 amide bonds. The van der Waals surface area contributed by atoms with Gasteiger partial charge in [0, 0.05) is 23.5 Å². The normalized spacial score (nSPS) is 17.9. The summed E-state index contributed by atoms with van der Waals surface area (Å²) in [6.45, 7) is 4.70. The van der Waals surface area contributed by atoms with Crippen molar-refractivity contribution in [2.75, 3.05) is 6.54 Å². The maximum absolute atomic E-state index is 12.5. The summed E-state index contributed by atoms with van der Waals surface area (Å²) in [7, 11) is 0. The monoisotopic (exact) mass is 307 g/mol. The van der Waals surface area contributed by atoms with E-state index < -0.39 is 0 Å². The van der Waals surface area contributed by atoms with E-state index in [4.69, 9.17) is 11.6 Å². The van der Waals surface area contributed by atoms with Crippen LogP contribution in [0, 0.1) is 5.92 Å². The summed E-state index contributed by atoms with van der Waals surface area (Å²) in [4.78, 5) is 12.5. The summed E-state index contributed by atoms with van der Waals surface area (Å²) in [6.07, 6.45) is 6.44. The standard InChI is InChI=1S/C18H26ClNO/c1-13(2)18(21)17(14-8-10-15(19)11-9-14)12-20-16-6-4-3-5-7-16/h8-11,13,16-17,20H,3-7,12H2,1-2H3/t17-/m1/s1. The number of rotatable bonds is 6. The molecule has 0 bridgehead atoms. The number of Topliss-reactive ketones (excluding diaryl/α,β-unsaturated/α-hetero) is 1. The molecule has 116 valence electrons. The summed E-state index contributed by atoms with van der Waals surface area (Å²) in [5.74, 6) is 0.295. The Morgan fingerprint density at radius 3 is 2.38 bits per heavy atom. The van der Waals surface area contributed by atoms with Crippen molar-refractivity contribution in [2.45, 2.75) is 57.9 Å². The van der Waals surface area contributed by atoms with E-state index in [2.05, 4.69) is 5.32 Å². The van der Waals surface area contributed by atoms with E-state index in [-0.39, 0.29) is 11.8 Å². The molecule has 2 nitrogen and oxygen atoms in total. The van der Waals surface area contributed by atoms with Crippen molar-refractivity contribution in [2.24, 2.45) is 5.92 Å². The van der Waals surface area contributed by atoms with E-state index >= 15 is 0 Å². The number of benzene rings is 1. The summed E-state index contributed by atoms with van der Waals surface area (Å²) in [5.41, 5.74) is 1.07. The lowest BCUT2D eigenvalue weighted by atomic mass is 9.88. The van der Waals surface area contributed by atoms with Crippen LogP contribution in [0.25, 0.3) is 0 Å². The SMILES string of the molecule is CC(C)C(=O)[C@H](CNC1CCCCC1)c1ccc(Cl)cc1. The smallest absolute Gasteiger partial charge is 0.144 e. The molecule has 1 atom stereocenters. The molecule has 1 aliphatic rings. The predicted molar refractivity (Wildman–Crippen MR) is 88.9 cm³/mol. The molecule has 1 aromatic carbocycles. The van der Waals surface area contributed by atoms with Crippen LogP contribution in [0.2, 0.25) is 5.02 Å². The Hall–Kier alpha value is -0.860. The summed E-state index contributed by atoms with van der Waals surface area (Å²) < 4.78 is 0. The van der Waals surface area contributed by atoms with E-state index in [0.29, 0.717) is 11.8 Å². The van der Waals surface area contributed by atoms with Gasteiger partial charge in [0.15, 0.2) is 0 Å². The molecule has 0 spiro atoms. The highest BCUT2D eigenvalue weighted by Crippen LogP contribution is 2.23. The zero-order valence-electron chi connectivity index (χ0n) is 13.1. The Morgan fingerprint density at radius 1 is 1.19 bits per heavy atom. The highest BCUT2D eigenvalue weighted by molar-refractivity contribution is 6.30. The Morgan fingerprint density at radius 2 is 1.81 bits per heavy atom. The molecule has 1 aliphatic carbocycles. The molecule has 0 aromatic heterocycles. The van der Waals surface area contributed by atoms with Gasteiger partial charge in [0.1, 0.15) is 5.78 Å². The van der Waals surface area contributed by atoms with Crippen molar-refractivity contribution in [3.63, 3.8) is 0 Å². The van der Waals surface area contributed by atoms with Gasteiger partial charge in [-0.3, -0.25) is 4.79 Å². The van der Waals surface area contributed by atoms with E-state index in [9.17, 15) is 4.79 Å². The van der Waals surface area contributed by atoms with Gasteiger partial charge in [-0.15, -0.1) is 0 Å². The quantitative estimate of drug-likeness (QED) is 0.834. The van der Waals surface area contributed by atoms with Gasteiger partial charge < -0.3 is 5.32 Å². The first-order valence-corrected chi connectivity index (χ1v) is 8.48. The first-order chi connectivity index (χ1) is 10.1. The minimum absolute atomic E-state index is 0.0545. The summed E-state index contributed by atoms with van der Waals surface area (Å²) >= 11 is 5.96. The van der Waals surface area contributed by atoms with E-state index in [1.165, 1.54) is 32.1 Å².